The fourth-order valence-electron chi connectivity index (χ4n) is 4.96. The quantitative estimate of drug-likeness (QED) is 0.108. The highest BCUT2D eigenvalue weighted by molar-refractivity contribution is 8.44. The Balaban J connectivity index is 1.29. The van der Waals surface area contributed by atoms with Gasteiger partial charge in [-0.2, -0.15) is 10.1 Å². The third kappa shape index (κ3) is 6.23. The molecule has 9 atom stereocenters. The Hall–Kier alpha value is -2.30. The van der Waals surface area contributed by atoms with Crippen LogP contribution in [0.25, 0.3) is 5.65 Å². The molecule has 3 saturated heterocycles. The predicted octanol–water partition coefficient (Wildman–Crippen LogP) is 1.32. The number of aromatic nitrogens is 6. The van der Waals surface area contributed by atoms with Crippen molar-refractivity contribution < 1.29 is 37.1 Å². The van der Waals surface area contributed by atoms with E-state index in [2.05, 4.69) is 60.0 Å². The van der Waals surface area contributed by atoms with Crippen LogP contribution in [0.15, 0.2) is 22.4 Å². The Morgan fingerprint density at radius 3 is 2.64 bits per heavy atom. The first-order valence-corrected chi connectivity index (χ1v) is 18.9. The monoisotopic (exact) mass is 709 g/mol. The molecule has 3 aromatic heterocycles. The van der Waals surface area contributed by atoms with Gasteiger partial charge in [-0.15, -0.1) is 16.9 Å². The van der Waals surface area contributed by atoms with Crippen molar-refractivity contribution in [3.63, 3.8) is 0 Å². The molecule has 0 amide bonds. The van der Waals surface area contributed by atoms with Gasteiger partial charge in [-0.3, -0.25) is 27.9 Å². The molecular weight excluding hydrogens is 684 g/mol. The Morgan fingerprint density at radius 2 is 1.89 bits per heavy atom. The summed E-state index contributed by atoms with van der Waals surface area (Å²) in [6.45, 7) is -9.13. The maximum absolute atomic E-state index is 13.5. The molecule has 20 nitrogen and oxygen atoms in total. The van der Waals surface area contributed by atoms with Crippen LogP contribution in [0.1, 0.15) is 11.6 Å². The molecule has 3 aliphatic rings. The second kappa shape index (κ2) is 12.1. The number of hydrogen-bond donors (Lipinski definition) is 8. The summed E-state index contributed by atoms with van der Waals surface area (Å²) in [7, 11) is 0. The Labute approximate surface area is 261 Å². The number of thioether (sulfide) groups is 1. The first kappa shape index (κ1) is 31.7. The topological polar surface area (TPSA) is 290 Å². The van der Waals surface area contributed by atoms with Crippen LogP contribution in [0, 0.1) is 5.53 Å². The molecular formula is C19H25N11O9P2S3. The smallest absolute Gasteiger partial charge is 0.386 e. The molecule has 2 bridgehead atoms. The Bertz CT molecular complexity index is 1750. The lowest BCUT2D eigenvalue weighted by Crippen LogP contribution is -2.38. The van der Waals surface area contributed by atoms with Gasteiger partial charge in [0.2, 0.25) is 5.95 Å². The number of aliphatic hydroxyl groups excluding tert-OH is 1. The van der Waals surface area contributed by atoms with E-state index in [0.29, 0.717) is 5.69 Å². The van der Waals surface area contributed by atoms with Crippen molar-refractivity contribution in [3.05, 3.63) is 28.6 Å². The highest BCUT2D eigenvalue weighted by atomic mass is 32.7. The molecule has 3 fully saturated rings. The molecule has 25 heteroatoms. The third-order valence-electron chi connectivity index (χ3n) is 6.95. The number of aromatic amines is 1. The summed E-state index contributed by atoms with van der Waals surface area (Å²) >= 11 is 9.28. The van der Waals surface area contributed by atoms with E-state index in [1.165, 1.54) is 17.0 Å². The zero-order valence-corrected chi connectivity index (χ0v) is 26.5. The number of rotatable bonds is 4. The minimum Gasteiger partial charge on any atom is -0.389 e. The number of imidazole rings is 1. The van der Waals surface area contributed by atoms with Gasteiger partial charge < -0.3 is 26.6 Å². The minimum absolute atomic E-state index is 0.0312. The van der Waals surface area contributed by atoms with Crippen LogP contribution < -0.4 is 22.3 Å². The van der Waals surface area contributed by atoms with Crippen molar-refractivity contribution in [2.75, 3.05) is 36.6 Å². The van der Waals surface area contributed by atoms with Gasteiger partial charge in [0.05, 0.1) is 49.0 Å². The van der Waals surface area contributed by atoms with Crippen molar-refractivity contribution >= 4 is 78.8 Å². The van der Waals surface area contributed by atoms with Crippen LogP contribution in [0.4, 0.5) is 23.3 Å². The zero-order chi connectivity index (χ0) is 31.4. The number of anilines is 3. The van der Waals surface area contributed by atoms with Crippen LogP contribution in [0.2, 0.25) is 0 Å². The van der Waals surface area contributed by atoms with E-state index in [9.17, 15) is 19.0 Å². The molecule has 3 aliphatic heterocycles. The van der Waals surface area contributed by atoms with E-state index in [4.69, 9.17) is 39.8 Å². The number of ether oxygens (including phenoxy) is 1. The number of aliphatic hydroxyl groups is 1. The first-order chi connectivity index (χ1) is 20.9. The van der Waals surface area contributed by atoms with Crippen LogP contribution >= 0.6 is 49.9 Å². The number of fused-ring (bicyclic) bond motifs is 4. The SMILES string of the molecule is N=Nc1c(N[C@@H]2S[C@@H]3COP(=O)(S)O[C@H]4C(c5cnc6c(N)ncnn56)CO[C@@H]4COP(=O)(S)O[C@@H]2[C@@H]3O)nc(N)[nH]c1=O. The molecule has 6 rings (SSSR count). The highest BCUT2D eigenvalue weighted by Crippen LogP contribution is 2.60. The van der Waals surface area contributed by atoms with Gasteiger partial charge in [-0.1, -0.05) is 24.5 Å². The van der Waals surface area contributed by atoms with Crippen molar-refractivity contribution in [2.24, 2.45) is 5.11 Å². The highest BCUT2D eigenvalue weighted by Gasteiger charge is 2.51. The first-order valence-electron chi connectivity index (χ1n) is 12.6. The van der Waals surface area contributed by atoms with Gasteiger partial charge in [0, 0.05) is 0 Å². The largest absolute Gasteiger partial charge is 0.389 e. The van der Waals surface area contributed by atoms with E-state index in [1.54, 1.807) is 0 Å². The van der Waals surface area contributed by atoms with Crippen LogP contribution in [-0.2, 0) is 32.0 Å². The fourth-order valence-corrected chi connectivity index (χ4v) is 9.53. The van der Waals surface area contributed by atoms with Crippen molar-refractivity contribution in [3.8, 4) is 0 Å². The molecule has 3 aromatic rings. The second-order valence-electron chi connectivity index (χ2n) is 9.70. The molecule has 238 valence electrons. The normalized spacial score (nSPS) is 36.2. The molecule has 0 aliphatic carbocycles. The molecule has 0 radical (unpaired) electrons. The molecule has 0 saturated carbocycles. The van der Waals surface area contributed by atoms with Crippen LogP contribution in [0.5, 0.6) is 0 Å². The summed E-state index contributed by atoms with van der Waals surface area (Å²) < 4.78 is 57.1. The average Bonchev–Trinajstić information content (AvgIpc) is 3.62. The Kier molecular flexibility index (Phi) is 8.74. The van der Waals surface area contributed by atoms with E-state index in [1.807, 2.05) is 0 Å². The summed E-state index contributed by atoms with van der Waals surface area (Å²) in [5.41, 5.74) is 18.5. The Morgan fingerprint density at radius 1 is 1.16 bits per heavy atom. The summed E-state index contributed by atoms with van der Waals surface area (Å²) in [5.74, 6) is -0.959. The van der Waals surface area contributed by atoms with Crippen molar-refractivity contribution in [2.45, 2.75) is 41.0 Å². The van der Waals surface area contributed by atoms with Gasteiger partial charge >= 0.3 is 13.6 Å². The molecule has 0 spiro atoms. The number of hydrogen-bond acceptors (Lipinski definition) is 19. The van der Waals surface area contributed by atoms with Crippen LogP contribution in [0.3, 0.4) is 0 Å². The summed E-state index contributed by atoms with van der Waals surface area (Å²) in [6.07, 6.45) is -1.95. The fraction of sp³-hybridized carbons (Fsp3) is 0.526. The number of nitrogen functional groups attached to an aromatic ring is 2. The van der Waals surface area contributed by atoms with Gasteiger partial charge in [0.15, 0.2) is 23.0 Å². The minimum atomic E-state index is -4.23. The van der Waals surface area contributed by atoms with Crippen LogP contribution in [-0.4, -0.2) is 89.5 Å². The van der Waals surface area contributed by atoms with Gasteiger partial charge in [-0.05, 0) is 0 Å². The molecule has 44 heavy (non-hydrogen) atoms. The second-order valence-corrected chi connectivity index (χ2v) is 16.8. The predicted molar refractivity (Wildman–Crippen MR) is 161 cm³/mol. The van der Waals surface area contributed by atoms with E-state index in [0.717, 1.165) is 11.8 Å². The summed E-state index contributed by atoms with van der Waals surface area (Å²) in [4.78, 5) is 26.6. The van der Waals surface area contributed by atoms with E-state index in [-0.39, 0.29) is 36.4 Å². The van der Waals surface area contributed by atoms with Crippen molar-refractivity contribution in [1.29, 1.82) is 5.53 Å². The molecule has 6 heterocycles. The van der Waals surface area contributed by atoms with E-state index >= 15 is 0 Å². The lowest BCUT2D eigenvalue weighted by atomic mass is 9.99. The number of thiol groups is 2. The van der Waals surface area contributed by atoms with E-state index < -0.39 is 72.4 Å². The molecule has 3 unspecified atom stereocenters. The van der Waals surface area contributed by atoms with Gasteiger partial charge in [-0.25, -0.2) is 29.1 Å². The number of nitrogens with zero attached hydrogens (tertiary/aromatic N) is 6. The van der Waals surface area contributed by atoms with Gasteiger partial charge in [0.1, 0.15) is 30.0 Å². The number of H-pyrrole nitrogens is 1. The van der Waals surface area contributed by atoms with Crippen molar-refractivity contribution in [1.82, 2.24) is 29.5 Å². The summed E-state index contributed by atoms with van der Waals surface area (Å²) in [6, 6.07) is 0. The lowest BCUT2D eigenvalue weighted by molar-refractivity contribution is 0.00753. The maximum atomic E-state index is 13.5. The van der Waals surface area contributed by atoms with Gasteiger partial charge in [0.25, 0.3) is 5.56 Å². The third-order valence-corrected chi connectivity index (χ3v) is 11.6. The standard InChI is InChI=1S/C19H25N11O9P2S3/c20-14-16-23-1-7(30(16)25-5-24-14)6-2-35-8-3-36-40(33,42)39-13-11(31)9(4-37-41(34,43)38-12(6)8)44-18(13)26-15-10(29-22)17(32)28-19(21)27-15/h1,5-6,8-9,11-13,18,22,31H,2-4H2,(H,33,42)(H,34,43)(H2,20,24,25)(H4,21,26,27,28,32)/t6?,8-,9-,11-,12+,13-,18-,40?,41?/m1/s1. The average molecular weight is 710 g/mol. The molecule has 0 aromatic carbocycles. The summed E-state index contributed by atoms with van der Waals surface area (Å²) in [5, 5.41) is 19.5. The maximum Gasteiger partial charge on any atom is 0.386 e. The molecule has 8 N–H and O–H groups in total. The number of nitrogens with one attached hydrogen (secondary N) is 3. The lowest BCUT2D eigenvalue weighted by Gasteiger charge is -2.27. The zero-order valence-electron chi connectivity index (χ0n) is 22.1. The number of nitrogens with two attached hydrogens (primary N) is 2.